The molecule has 1 aliphatic heterocycles. The third-order valence-electron chi connectivity index (χ3n) is 5.87. The molecule has 174 valence electrons. The van der Waals surface area contributed by atoms with Gasteiger partial charge >= 0.3 is 0 Å². The molecule has 2 aromatic carbocycles. The van der Waals surface area contributed by atoms with E-state index in [4.69, 9.17) is 20.8 Å². The fraction of sp³-hybridized carbons (Fsp3) is 0.385. The SMILES string of the molecule is CN(C)c1ccc(CN(CC2CCCO2)C(=O)CCc2ncc(-c3ccccc3Cl)o2)cc1. The molecule has 1 aliphatic rings. The lowest BCUT2D eigenvalue weighted by molar-refractivity contribution is -0.133. The Hall–Kier alpha value is -2.83. The van der Waals surface area contributed by atoms with Crippen molar-refractivity contribution in [2.75, 3.05) is 32.1 Å². The van der Waals surface area contributed by atoms with Crippen LogP contribution < -0.4 is 4.90 Å². The van der Waals surface area contributed by atoms with E-state index in [1.807, 2.05) is 43.3 Å². The molecule has 2 heterocycles. The molecular weight excluding hydrogens is 438 g/mol. The van der Waals surface area contributed by atoms with Crippen LogP contribution in [0.3, 0.4) is 0 Å². The molecule has 1 fully saturated rings. The fourth-order valence-electron chi connectivity index (χ4n) is 3.99. The molecule has 1 amide bonds. The van der Waals surface area contributed by atoms with Gasteiger partial charge in [-0.3, -0.25) is 4.79 Å². The second kappa shape index (κ2) is 10.9. The number of aromatic nitrogens is 1. The van der Waals surface area contributed by atoms with Crippen LogP contribution in [0, 0.1) is 0 Å². The molecule has 0 radical (unpaired) electrons. The number of amides is 1. The number of aryl methyl sites for hydroxylation is 1. The summed E-state index contributed by atoms with van der Waals surface area (Å²) in [4.78, 5) is 21.5. The van der Waals surface area contributed by atoms with Crippen LogP contribution in [0.25, 0.3) is 11.3 Å². The van der Waals surface area contributed by atoms with Crippen LogP contribution in [-0.2, 0) is 22.5 Å². The Bertz CT molecular complexity index is 1060. The summed E-state index contributed by atoms with van der Waals surface area (Å²) in [6.07, 6.45) is 4.56. The van der Waals surface area contributed by atoms with Crippen LogP contribution in [0.4, 0.5) is 5.69 Å². The van der Waals surface area contributed by atoms with E-state index < -0.39 is 0 Å². The number of rotatable bonds is 9. The molecule has 1 atom stereocenters. The zero-order chi connectivity index (χ0) is 23.2. The third-order valence-corrected chi connectivity index (χ3v) is 6.20. The maximum Gasteiger partial charge on any atom is 0.223 e. The second-order valence-corrected chi connectivity index (χ2v) is 8.98. The number of anilines is 1. The molecule has 33 heavy (non-hydrogen) atoms. The predicted octanol–water partition coefficient (Wildman–Crippen LogP) is 5.20. The normalized spacial score (nSPS) is 15.5. The number of halogens is 1. The Kier molecular flexibility index (Phi) is 7.68. The van der Waals surface area contributed by atoms with Crippen molar-refractivity contribution in [2.45, 2.75) is 38.3 Å². The van der Waals surface area contributed by atoms with E-state index in [1.165, 1.54) is 0 Å². The van der Waals surface area contributed by atoms with Crippen molar-refractivity contribution in [3.8, 4) is 11.3 Å². The summed E-state index contributed by atoms with van der Waals surface area (Å²) < 4.78 is 11.7. The van der Waals surface area contributed by atoms with E-state index in [9.17, 15) is 4.79 Å². The van der Waals surface area contributed by atoms with Gasteiger partial charge in [0.15, 0.2) is 11.7 Å². The number of hydrogen-bond donors (Lipinski definition) is 0. The monoisotopic (exact) mass is 467 g/mol. The van der Waals surface area contributed by atoms with E-state index in [2.05, 4.69) is 34.1 Å². The molecule has 4 rings (SSSR count). The molecule has 7 heteroatoms. The maximum atomic E-state index is 13.2. The zero-order valence-electron chi connectivity index (χ0n) is 19.2. The van der Waals surface area contributed by atoms with Crippen molar-refractivity contribution in [3.05, 3.63) is 71.2 Å². The fourth-order valence-corrected chi connectivity index (χ4v) is 4.22. The first-order chi connectivity index (χ1) is 16.0. The van der Waals surface area contributed by atoms with Crippen molar-refractivity contribution in [1.29, 1.82) is 0 Å². The number of nitrogens with zero attached hydrogens (tertiary/aromatic N) is 3. The number of ether oxygens (including phenoxy) is 1. The first kappa shape index (κ1) is 23.3. The van der Waals surface area contributed by atoms with Gasteiger partial charge in [-0.05, 0) is 42.7 Å². The molecule has 0 aliphatic carbocycles. The minimum atomic E-state index is 0.0691. The number of carbonyl (C=O) groups is 1. The summed E-state index contributed by atoms with van der Waals surface area (Å²) in [5, 5.41) is 0.610. The zero-order valence-corrected chi connectivity index (χ0v) is 19.9. The van der Waals surface area contributed by atoms with Gasteiger partial charge in [-0.2, -0.15) is 0 Å². The number of benzene rings is 2. The Labute approximate surface area is 200 Å². The third kappa shape index (κ3) is 6.15. The van der Waals surface area contributed by atoms with E-state index in [-0.39, 0.29) is 12.0 Å². The van der Waals surface area contributed by atoms with Gasteiger partial charge in [-0.1, -0.05) is 35.9 Å². The van der Waals surface area contributed by atoms with Crippen LogP contribution in [-0.4, -0.2) is 49.1 Å². The molecule has 1 aromatic heterocycles. The lowest BCUT2D eigenvalue weighted by Gasteiger charge is -2.26. The maximum absolute atomic E-state index is 13.2. The van der Waals surface area contributed by atoms with Crippen LogP contribution in [0.15, 0.2) is 59.1 Å². The molecule has 1 saturated heterocycles. The summed E-state index contributed by atoms with van der Waals surface area (Å²) in [5.41, 5.74) is 3.03. The van der Waals surface area contributed by atoms with Gasteiger partial charge in [-0.25, -0.2) is 4.98 Å². The molecule has 0 saturated carbocycles. The summed E-state index contributed by atoms with van der Waals surface area (Å²) in [6.45, 7) is 1.93. The van der Waals surface area contributed by atoms with Gasteiger partial charge in [0, 0.05) is 57.9 Å². The van der Waals surface area contributed by atoms with Crippen LogP contribution >= 0.6 is 11.6 Å². The van der Waals surface area contributed by atoms with Crippen molar-refractivity contribution in [2.24, 2.45) is 0 Å². The van der Waals surface area contributed by atoms with Gasteiger partial charge in [-0.15, -0.1) is 0 Å². The molecule has 1 unspecified atom stereocenters. The van der Waals surface area contributed by atoms with Crippen molar-refractivity contribution < 1.29 is 13.9 Å². The minimum Gasteiger partial charge on any atom is -0.441 e. The van der Waals surface area contributed by atoms with Gasteiger partial charge in [0.25, 0.3) is 0 Å². The molecule has 0 N–H and O–H groups in total. The second-order valence-electron chi connectivity index (χ2n) is 8.57. The van der Waals surface area contributed by atoms with Crippen molar-refractivity contribution in [1.82, 2.24) is 9.88 Å². The quantitative estimate of drug-likeness (QED) is 0.432. The summed E-state index contributed by atoms with van der Waals surface area (Å²) in [5.74, 6) is 1.21. The Morgan fingerprint density at radius 2 is 1.94 bits per heavy atom. The molecule has 0 spiro atoms. The molecule has 3 aromatic rings. The first-order valence-electron chi connectivity index (χ1n) is 11.3. The highest BCUT2D eigenvalue weighted by molar-refractivity contribution is 6.33. The van der Waals surface area contributed by atoms with Gasteiger partial charge < -0.3 is 19.0 Å². The van der Waals surface area contributed by atoms with E-state index in [0.717, 1.165) is 36.3 Å². The standard InChI is InChI=1S/C26H30ClN3O3/c1-29(2)20-11-9-19(10-12-20)17-30(18-21-6-5-15-32-21)26(31)14-13-25-28-16-24(33-25)22-7-3-4-8-23(22)27/h3-4,7-12,16,21H,5-6,13-15,17-18H2,1-2H3. The number of carbonyl (C=O) groups excluding carboxylic acids is 1. The van der Waals surface area contributed by atoms with E-state index in [0.29, 0.717) is 42.6 Å². The smallest absolute Gasteiger partial charge is 0.223 e. The molecule has 0 bridgehead atoms. The van der Waals surface area contributed by atoms with Crippen LogP contribution in [0.2, 0.25) is 5.02 Å². The Morgan fingerprint density at radius 1 is 1.15 bits per heavy atom. The summed E-state index contributed by atoms with van der Waals surface area (Å²) in [7, 11) is 4.03. The van der Waals surface area contributed by atoms with Gasteiger partial charge in [0.2, 0.25) is 5.91 Å². The van der Waals surface area contributed by atoms with Crippen LogP contribution in [0.1, 0.15) is 30.7 Å². The van der Waals surface area contributed by atoms with Gasteiger partial charge in [0.05, 0.1) is 17.3 Å². The van der Waals surface area contributed by atoms with Crippen molar-refractivity contribution in [3.63, 3.8) is 0 Å². The minimum absolute atomic E-state index is 0.0691. The molecular formula is C26H30ClN3O3. The lowest BCUT2D eigenvalue weighted by atomic mass is 10.1. The topological polar surface area (TPSA) is 58.8 Å². The average Bonchev–Trinajstić information content (AvgIpc) is 3.50. The Balaban J connectivity index is 1.41. The summed E-state index contributed by atoms with van der Waals surface area (Å²) in [6, 6.07) is 15.8. The highest BCUT2D eigenvalue weighted by Crippen LogP contribution is 2.28. The number of oxazole rings is 1. The number of hydrogen-bond acceptors (Lipinski definition) is 5. The van der Waals surface area contributed by atoms with Crippen molar-refractivity contribution >= 4 is 23.2 Å². The average molecular weight is 468 g/mol. The predicted molar refractivity (Wildman–Crippen MR) is 130 cm³/mol. The Morgan fingerprint density at radius 3 is 2.64 bits per heavy atom. The molecule has 6 nitrogen and oxygen atoms in total. The first-order valence-corrected chi connectivity index (χ1v) is 11.7. The summed E-state index contributed by atoms with van der Waals surface area (Å²) >= 11 is 6.26. The van der Waals surface area contributed by atoms with Gasteiger partial charge in [0.1, 0.15) is 0 Å². The van der Waals surface area contributed by atoms with E-state index in [1.54, 1.807) is 6.20 Å². The highest BCUT2D eigenvalue weighted by atomic mass is 35.5. The highest BCUT2D eigenvalue weighted by Gasteiger charge is 2.23. The van der Waals surface area contributed by atoms with E-state index >= 15 is 0 Å². The van der Waals surface area contributed by atoms with Crippen LogP contribution in [0.5, 0.6) is 0 Å². The lowest BCUT2D eigenvalue weighted by Crippen LogP contribution is -2.37. The largest absolute Gasteiger partial charge is 0.441 e.